The van der Waals surface area contributed by atoms with Crippen LogP contribution >= 0.6 is 0 Å². The van der Waals surface area contributed by atoms with Gasteiger partial charge < -0.3 is 25.2 Å². The largest absolute Gasteiger partial charge is 0.465 e. The summed E-state index contributed by atoms with van der Waals surface area (Å²) in [5, 5.41) is 5.49. The van der Waals surface area contributed by atoms with E-state index in [0.29, 0.717) is 16.3 Å². The molecule has 0 bridgehead atoms. The minimum absolute atomic E-state index is 0.108. The van der Waals surface area contributed by atoms with Gasteiger partial charge in [-0.25, -0.2) is 4.79 Å². The molecule has 0 aliphatic carbocycles. The van der Waals surface area contributed by atoms with E-state index in [2.05, 4.69) is 10.6 Å². The van der Waals surface area contributed by atoms with E-state index in [1.165, 1.54) is 11.0 Å². The van der Waals surface area contributed by atoms with Gasteiger partial charge in [-0.3, -0.25) is 18.6 Å². The Morgan fingerprint density at radius 3 is 2.30 bits per heavy atom. The van der Waals surface area contributed by atoms with E-state index in [0.717, 1.165) is 11.4 Å². The second kappa shape index (κ2) is 13.6. The highest BCUT2D eigenvalue weighted by Gasteiger charge is 2.37. The van der Waals surface area contributed by atoms with Crippen molar-refractivity contribution in [2.75, 3.05) is 40.6 Å². The van der Waals surface area contributed by atoms with Crippen LogP contribution in [0.25, 0.3) is 0 Å². The Kier molecular flexibility index (Phi) is 9.97. The lowest BCUT2D eigenvalue weighted by Gasteiger charge is -2.28. The Bertz CT molecular complexity index is 1520. The summed E-state index contributed by atoms with van der Waals surface area (Å²) in [5.74, 6) is -1.44. The molecule has 2 unspecified atom stereocenters. The molecule has 11 heteroatoms. The van der Waals surface area contributed by atoms with Crippen LogP contribution in [0.4, 0.5) is 27.5 Å². The number of hydrogen-bond acceptors (Lipinski definition) is 7. The average Bonchev–Trinajstić information content (AvgIpc) is 3.08. The fraction of sp³-hybridized carbons (Fsp3) is 0.312. The summed E-state index contributed by atoms with van der Waals surface area (Å²) in [6.07, 6.45) is 0. The molecule has 0 aromatic heterocycles. The summed E-state index contributed by atoms with van der Waals surface area (Å²) in [6, 6.07) is 21.5. The third kappa shape index (κ3) is 7.86. The van der Waals surface area contributed by atoms with Crippen molar-refractivity contribution in [1.82, 2.24) is 5.32 Å². The molecule has 226 valence electrons. The zero-order chi connectivity index (χ0) is 31.1. The summed E-state index contributed by atoms with van der Waals surface area (Å²) in [7, 11) is -1.67. The highest BCUT2D eigenvalue weighted by Crippen LogP contribution is 2.37. The Morgan fingerprint density at radius 1 is 0.953 bits per heavy atom. The van der Waals surface area contributed by atoms with Gasteiger partial charge in [0.25, 0.3) is 5.91 Å². The number of ether oxygens (including phenoxy) is 1. The van der Waals surface area contributed by atoms with Crippen LogP contribution in [0.5, 0.6) is 0 Å². The normalized spacial score (nSPS) is 15.6. The van der Waals surface area contributed by atoms with Gasteiger partial charge in [0, 0.05) is 21.7 Å². The van der Waals surface area contributed by atoms with Gasteiger partial charge in [-0.1, -0.05) is 57.2 Å². The zero-order valence-corrected chi connectivity index (χ0v) is 25.5. The monoisotopic (exact) mass is 604 g/mol. The Morgan fingerprint density at radius 2 is 1.63 bits per heavy atom. The number of anilines is 4. The predicted molar refractivity (Wildman–Crippen MR) is 167 cm³/mol. The average molecular weight is 605 g/mol. The topological polar surface area (TPSA) is 125 Å². The lowest BCUT2D eigenvalue weighted by molar-refractivity contribution is -0.139. The smallest absolute Gasteiger partial charge is 0.319 e. The van der Waals surface area contributed by atoms with Crippen LogP contribution in [-0.4, -0.2) is 59.4 Å². The number of urea groups is 1. The molecule has 0 spiro atoms. The van der Waals surface area contributed by atoms with E-state index in [9.17, 15) is 23.4 Å². The molecule has 10 nitrogen and oxygen atoms in total. The van der Waals surface area contributed by atoms with Gasteiger partial charge in [0.1, 0.15) is 11.8 Å². The second-order valence-corrected chi connectivity index (χ2v) is 12.5. The first-order chi connectivity index (χ1) is 20.5. The molecule has 0 saturated heterocycles. The molecular formula is C32H36N4O6S. The molecule has 2 atom stereocenters. The van der Waals surface area contributed by atoms with Crippen molar-refractivity contribution in [2.24, 2.45) is 5.41 Å². The van der Waals surface area contributed by atoms with Crippen molar-refractivity contribution in [3.8, 4) is 0 Å². The molecule has 0 saturated carbocycles. The number of nitrogens with one attached hydrogen (secondary N) is 2. The third-order valence-electron chi connectivity index (χ3n) is 6.81. The number of benzene rings is 3. The van der Waals surface area contributed by atoms with Gasteiger partial charge in [0.2, 0.25) is 0 Å². The number of amides is 3. The number of carbonyl (C=O) groups is 4. The van der Waals surface area contributed by atoms with Crippen molar-refractivity contribution < 1.29 is 28.1 Å². The molecule has 0 radical (unpaired) electrons. The van der Waals surface area contributed by atoms with Crippen molar-refractivity contribution in [3.63, 3.8) is 0 Å². The first-order valence-corrected chi connectivity index (χ1v) is 15.3. The van der Waals surface area contributed by atoms with E-state index < -0.39 is 40.2 Å². The standard InChI is InChI=1S/C32H36N4O6S/c1-5-42-29(38)21-43(41)24-15-11-12-22(18-24)33-31(40)34-25-19-35(23-13-7-6-8-14-23)26-16-9-10-17-27(26)36(30(25)39)20-28(37)32(2,3)4/h6-18,25H,5,19-21H2,1-4H3,(H2,33,34,40). The minimum Gasteiger partial charge on any atom is -0.465 e. The number of para-hydroxylation sites is 3. The Balaban J connectivity index is 1.61. The number of nitrogens with zero attached hydrogens (tertiary/aromatic N) is 2. The van der Waals surface area contributed by atoms with Crippen molar-refractivity contribution in [3.05, 3.63) is 78.9 Å². The van der Waals surface area contributed by atoms with Gasteiger partial charge in [-0.15, -0.1) is 0 Å². The van der Waals surface area contributed by atoms with Crippen LogP contribution in [0.15, 0.2) is 83.8 Å². The lowest BCUT2D eigenvalue weighted by atomic mass is 9.90. The maximum absolute atomic E-state index is 14.1. The predicted octanol–water partition coefficient (Wildman–Crippen LogP) is 4.65. The summed E-state index contributed by atoms with van der Waals surface area (Å²) in [6.45, 7) is 7.21. The third-order valence-corrected chi connectivity index (χ3v) is 8.09. The fourth-order valence-electron chi connectivity index (χ4n) is 4.52. The molecule has 2 N–H and O–H groups in total. The van der Waals surface area contributed by atoms with Crippen LogP contribution in [0.1, 0.15) is 27.7 Å². The van der Waals surface area contributed by atoms with Crippen molar-refractivity contribution >= 4 is 57.2 Å². The molecule has 43 heavy (non-hydrogen) atoms. The van der Waals surface area contributed by atoms with Crippen LogP contribution in [-0.2, 0) is 29.9 Å². The first kappa shape index (κ1) is 31.4. The van der Waals surface area contributed by atoms with E-state index in [-0.39, 0.29) is 31.2 Å². The number of Topliss-reactive ketones (excluding diaryl/α,β-unsaturated/α-hetero) is 1. The molecule has 3 amide bonds. The number of hydrogen-bond donors (Lipinski definition) is 2. The second-order valence-electron chi connectivity index (χ2n) is 11.0. The number of ketones is 1. The van der Waals surface area contributed by atoms with Crippen LogP contribution in [0.3, 0.4) is 0 Å². The van der Waals surface area contributed by atoms with E-state index >= 15 is 0 Å². The SMILES string of the molecule is CCOC(=O)CS(=O)c1cccc(NC(=O)NC2CN(c3ccccc3)c3ccccc3N(CC(=O)C(C)(C)C)C2=O)c1. The number of rotatable bonds is 9. The maximum atomic E-state index is 14.1. The molecule has 1 aliphatic rings. The number of fused-ring (bicyclic) bond motifs is 1. The Labute approximate surface area is 253 Å². The summed E-state index contributed by atoms with van der Waals surface area (Å²) < 4.78 is 17.5. The molecule has 3 aromatic carbocycles. The molecule has 0 fully saturated rings. The van der Waals surface area contributed by atoms with Crippen LogP contribution in [0.2, 0.25) is 0 Å². The zero-order valence-electron chi connectivity index (χ0n) is 24.7. The lowest BCUT2D eigenvalue weighted by Crippen LogP contribution is -2.54. The van der Waals surface area contributed by atoms with Crippen LogP contribution < -0.4 is 20.4 Å². The summed E-state index contributed by atoms with van der Waals surface area (Å²) in [5.41, 5.74) is 1.76. The number of carbonyl (C=O) groups excluding carboxylic acids is 4. The highest BCUT2D eigenvalue weighted by molar-refractivity contribution is 7.85. The summed E-state index contributed by atoms with van der Waals surface area (Å²) in [4.78, 5) is 56.0. The minimum atomic E-state index is -1.67. The van der Waals surface area contributed by atoms with Gasteiger partial charge in [-0.05, 0) is 49.4 Å². The first-order valence-electron chi connectivity index (χ1n) is 14.0. The number of esters is 1. The van der Waals surface area contributed by atoms with E-state index in [1.807, 2.05) is 53.4 Å². The van der Waals surface area contributed by atoms with Crippen molar-refractivity contribution in [2.45, 2.75) is 38.6 Å². The molecule has 1 heterocycles. The van der Waals surface area contributed by atoms with Gasteiger partial charge in [0.05, 0.1) is 41.9 Å². The molecule has 1 aliphatic heterocycles. The molecule has 4 rings (SSSR count). The van der Waals surface area contributed by atoms with Gasteiger partial charge in [0.15, 0.2) is 5.78 Å². The Hall–Kier alpha value is -4.51. The van der Waals surface area contributed by atoms with Crippen molar-refractivity contribution in [1.29, 1.82) is 0 Å². The molecular weight excluding hydrogens is 568 g/mol. The molecule has 3 aromatic rings. The van der Waals surface area contributed by atoms with Gasteiger partial charge in [-0.2, -0.15) is 0 Å². The maximum Gasteiger partial charge on any atom is 0.319 e. The quantitative estimate of drug-likeness (QED) is 0.341. The fourth-order valence-corrected chi connectivity index (χ4v) is 5.48. The van der Waals surface area contributed by atoms with E-state index in [1.54, 1.807) is 52.0 Å². The van der Waals surface area contributed by atoms with E-state index in [4.69, 9.17) is 4.74 Å². The highest BCUT2D eigenvalue weighted by atomic mass is 32.2. The van der Waals surface area contributed by atoms with Gasteiger partial charge >= 0.3 is 12.0 Å². The van der Waals surface area contributed by atoms with Crippen LogP contribution in [0, 0.1) is 5.41 Å². The summed E-state index contributed by atoms with van der Waals surface area (Å²) >= 11 is 0.